The molecule has 1 fully saturated rings. The summed E-state index contributed by atoms with van der Waals surface area (Å²) in [6.45, 7) is 4.79. The van der Waals surface area contributed by atoms with E-state index < -0.39 is 0 Å². The van der Waals surface area contributed by atoms with Gasteiger partial charge in [-0.2, -0.15) is 0 Å². The number of rotatable bonds is 5. The first kappa shape index (κ1) is 14.9. The van der Waals surface area contributed by atoms with Gasteiger partial charge in [0.05, 0.1) is 11.1 Å². The molecule has 106 valence electrons. The number of hydrogen-bond donors (Lipinski definition) is 1. The highest BCUT2D eigenvalue weighted by molar-refractivity contribution is 9.10. The molecule has 0 saturated carbocycles. The number of benzene rings is 1. The van der Waals surface area contributed by atoms with Crippen LogP contribution in [0.15, 0.2) is 22.7 Å². The predicted octanol–water partition coefficient (Wildman–Crippen LogP) is 3.54. The van der Waals surface area contributed by atoms with Crippen LogP contribution in [0.3, 0.4) is 0 Å². The Kier molecular flexibility index (Phi) is 5.79. The third-order valence-electron chi connectivity index (χ3n) is 3.67. The summed E-state index contributed by atoms with van der Waals surface area (Å²) in [7, 11) is 0. The molecule has 1 aliphatic rings. The van der Waals surface area contributed by atoms with E-state index in [0.717, 1.165) is 38.2 Å². The van der Waals surface area contributed by atoms with E-state index in [9.17, 15) is 4.39 Å². The maximum Gasteiger partial charge on any atom is 0.137 e. The topological polar surface area (TPSA) is 21.3 Å². The van der Waals surface area contributed by atoms with Crippen LogP contribution in [-0.2, 0) is 11.2 Å². The highest BCUT2D eigenvalue weighted by atomic mass is 79.9. The number of hydrogen-bond acceptors (Lipinski definition) is 2. The van der Waals surface area contributed by atoms with Gasteiger partial charge in [-0.3, -0.25) is 0 Å². The van der Waals surface area contributed by atoms with Gasteiger partial charge in [-0.1, -0.05) is 13.0 Å². The van der Waals surface area contributed by atoms with E-state index in [1.165, 1.54) is 12.5 Å². The minimum Gasteiger partial charge on any atom is -0.381 e. The molecule has 1 aromatic carbocycles. The highest BCUT2D eigenvalue weighted by Crippen LogP contribution is 2.23. The van der Waals surface area contributed by atoms with Crippen LogP contribution in [0.5, 0.6) is 0 Å². The van der Waals surface area contributed by atoms with Crippen LogP contribution in [0.1, 0.15) is 25.3 Å². The van der Waals surface area contributed by atoms with E-state index in [2.05, 4.69) is 28.2 Å². The molecule has 2 unspecified atom stereocenters. The lowest BCUT2D eigenvalue weighted by Gasteiger charge is -2.31. The first-order chi connectivity index (χ1) is 9.20. The molecule has 0 amide bonds. The first-order valence-electron chi connectivity index (χ1n) is 6.95. The molecule has 0 aromatic heterocycles. The molecular formula is C15H21BrFNO. The molecule has 2 nitrogen and oxygen atoms in total. The molecule has 0 aliphatic carbocycles. The van der Waals surface area contributed by atoms with E-state index in [1.54, 1.807) is 0 Å². The van der Waals surface area contributed by atoms with Crippen molar-refractivity contribution in [2.75, 3.05) is 19.8 Å². The number of halogens is 2. The van der Waals surface area contributed by atoms with Gasteiger partial charge in [0.2, 0.25) is 0 Å². The van der Waals surface area contributed by atoms with Gasteiger partial charge in [-0.25, -0.2) is 4.39 Å². The zero-order valence-electron chi connectivity index (χ0n) is 11.3. The Balaban J connectivity index is 2.04. The summed E-state index contributed by atoms with van der Waals surface area (Å²) in [6.07, 6.45) is 3.26. The van der Waals surface area contributed by atoms with Crippen LogP contribution in [0.25, 0.3) is 0 Å². The first-order valence-corrected chi connectivity index (χ1v) is 7.75. The van der Waals surface area contributed by atoms with Gasteiger partial charge in [0.25, 0.3) is 0 Å². The van der Waals surface area contributed by atoms with Gasteiger partial charge in [0.1, 0.15) is 5.82 Å². The fourth-order valence-corrected chi connectivity index (χ4v) is 3.10. The van der Waals surface area contributed by atoms with Crippen LogP contribution < -0.4 is 5.32 Å². The minimum atomic E-state index is -0.204. The van der Waals surface area contributed by atoms with Crippen molar-refractivity contribution in [3.05, 3.63) is 34.1 Å². The second-order valence-electron chi connectivity index (χ2n) is 5.09. The summed E-state index contributed by atoms with van der Waals surface area (Å²) >= 11 is 3.25. The van der Waals surface area contributed by atoms with E-state index in [4.69, 9.17) is 4.74 Å². The standard InChI is InChI=1S/C15H21BrFNO/c1-2-18-15(12-4-3-7-19-10-12)9-11-5-6-14(17)13(16)8-11/h5-6,8,12,15,18H,2-4,7,9-10H2,1H3. The molecule has 1 aromatic rings. The van der Waals surface area contributed by atoms with Crippen molar-refractivity contribution >= 4 is 15.9 Å². The fourth-order valence-electron chi connectivity index (χ4n) is 2.67. The lowest BCUT2D eigenvalue weighted by Crippen LogP contribution is -2.41. The van der Waals surface area contributed by atoms with Crippen LogP contribution >= 0.6 is 15.9 Å². The van der Waals surface area contributed by atoms with Crippen LogP contribution in [0, 0.1) is 11.7 Å². The van der Waals surface area contributed by atoms with Crippen LogP contribution in [0.2, 0.25) is 0 Å². The third-order valence-corrected chi connectivity index (χ3v) is 4.28. The molecule has 19 heavy (non-hydrogen) atoms. The average Bonchev–Trinajstić information content (AvgIpc) is 2.43. The number of nitrogens with one attached hydrogen (secondary N) is 1. The second-order valence-corrected chi connectivity index (χ2v) is 5.95. The maximum atomic E-state index is 13.3. The van der Waals surface area contributed by atoms with E-state index in [-0.39, 0.29) is 5.82 Å². The summed E-state index contributed by atoms with van der Waals surface area (Å²) in [5.41, 5.74) is 1.16. The summed E-state index contributed by atoms with van der Waals surface area (Å²) in [5, 5.41) is 3.55. The molecule has 2 rings (SSSR count). The number of ether oxygens (including phenoxy) is 1. The highest BCUT2D eigenvalue weighted by Gasteiger charge is 2.23. The molecular weight excluding hydrogens is 309 g/mol. The quantitative estimate of drug-likeness (QED) is 0.892. The molecule has 0 bridgehead atoms. The van der Waals surface area contributed by atoms with Crippen molar-refractivity contribution in [3.8, 4) is 0 Å². The van der Waals surface area contributed by atoms with E-state index in [1.807, 2.05) is 12.1 Å². The Labute approximate surface area is 122 Å². The van der Waals surface area contributed by atoms with Crippen molar-refractivity contribution in [1.82, 2.24) is 5.32 Å². The zero-order chi connectivity index (χ0) is 13.7. The van der Waals surface area contributed by atoms with Crippen molar-refractivity contribution < 1.29 is 9.13 Å². The molecule has 4 heteroatoms. The normalized spacial score (nSPS) is 21.3. The molecule has 1 N–H and O–H groups in total. The Morgan fingerprint density at radius 2 is 2.37 bits per heavy atom. The molecule has 1 heterocycles. The summed E-state index contributed by atoms with van der Waals surface area (Å²) in [4.78, 5) is 0. The van der Waals surface area contributed by atoms with Gasteiger partial charge < -0.3 is 10.1 Å². The van der Waals surface area contributed by atoms with Crippen molar-refractivity contribution in [2.45, 2.75) is 32.2 Å². The van der Waals surface area contributed by atoms with Gasteiger partial charge in [0, 0.05) is 12.6 Å². The Morgan fingerprint density at radius 3 is 3.00 bits per heavy atom. The maximum absolute atomic E-state index is 13.3. The van der Waals surface area contributed by atoms with E-state index >= 15 is 0 Å². The van der Waals surface area contributed by atoms with Crippen LogP contribution in [-0.4, -0.2) is 25.8 Å². The molecule has 1 saturated heterocycles. The summed E-state index contributed by atoms with van der Waals surface area (Å²) in [6, 6.07) is 5.68. The van der Waals surface area contributed by atoms with Gasteiger partial charge in [-0.15, -0.1) is 0 Å². The van der Waals surface area contributed by atoms with Crippen molar-refractivity contribution in [3.63, 3.8) is 0 Å². The minimum absolute atomic E-state index is 0.204. The predicted molar refractivity (Wildman–Crippen MR) is 78.8 cm³/mol. The molecule has 0 radical (unpaired) electrons. The largest absolute Gasteiger partial charge is 0.381 e. The van der Waals surface area contributed by atoms with Crippen molar-refractivity contribution in [1.29, 1.82) is 0 Å². The lowest BCUT2D eigenvalue weighted by atomic mass is 9.89. The Hall–Kier alpha value is -0.450. The number of likely N-dealkylation sites (N-methyl/N-ethyl adjacent to an activating group) is 1. The fraction of sp³-hybridized carbons (Fsp3) is 0.600. The second kappa shape index (κ2) is 7.36. The summed E-state index contributed by atoms with van der Waals surface area (Å²) in [5.74, 6) is 0.349. The Morgan fingerprint density at radius 1 is 1.53 bits per heavy atom. The smallest absolute Gasteiger partial charge is 0.137 e. The van der Waals surface area contributed by atoms with E-state index in [0.29, 0.717) is 16.4 Å². The molecule has 1 aliphatic heterocycles. The summed E-state index contributed by atoms with van der Waals surface area (Å²) < 4.78 is 19.4. The SMILES string of the molecule is CCNC(Cc1ccc(F)c(Br)c1)C1CCCOC1. The molecule has 2 atom stereocenters. The van der Waals surface area contributed by atoms with Gasteiger partial charge >= 0.3 is 0 Å². The van der Waals surface area contributed by atoms with Gasteiger partial charge in [0.15, 0.2) is 0 Å². The molecule has 0 spiro atoms. The van der Waals surface area contributed by atoms with Gasteiger partial charge in [-0.05, 0) is 65.4 Å². The average molecular weight is 330 g/mol. The third kappa shape index (κ3) is 4.26. The van der Waals surface area contributed by atoms with Crippen LogP contribution in [0.4, 0.5) is 4.39 Å². The zero-order valence-corrected chi connectivity index (χ0v) is 12.9. The Bertz CT molecular complexity index is 407. The lowest BCUT2D eigenvalue weighted by molar-refractivity contribution is 0.0396. The van der Waals surface area contributed by atoms with Crippen molar-refractivity contribution in [2.24, 2.45) is 5.92 Å². The monoisotopic (exact) mass is 329 g/mol.